The van der Waals surface area contributed by atoms with Crippen LogP contribution in [0.15, 0.2) is 84.9 Å². The summed E-state index contributed by atoms with van der Waals surface area (Å²) < 4.78 is 14.1. The second-order valence-corrected chi connectivity index (χ2v) is 10.1. The maximum absolute atomic E-state index is 11.1. The second-order valence-electron chi connectivity index (χ2n) is 10.1. The summed E-state index contributed by atoms with van der Waals surface area (Å²) in [5.41, 5.74) is 4.14. The minimum Gasteiger partial charge on any atom is -0.493 e. The summed E-state index contributed by atoms with van der Waals surface area (Å²) >= 11 is 0. The van der Waals surface area contributed by atoms with Gasteiger partial charge in [-0.15, -0.1) is 0 Å². The molecule has 198 valence electrons. The number of aliphatic hydroxyl groups excluding tert-OH is 1. The van der Waals surface area contributed by atoms with Gasteiger partial charge in [0.2, 0.25) is 5.88 Å². The van der Waals surface area contributed by atoms with Crippen molar-refractivity contribution < 1.29 is 14.6 Å². The quantitative estimate of drug-likeness (QED) is 0.237. The van der Waals surface area contributed by atoms with Gasteiger partial charge in [0.05, 0.1) is 30.2 Å². The van der Waals surface area contributed by atoms with Crippen molar-refractivity contribution in [2.45, 2.75) is 45.3 Å². The smallest absolute Gasteiger partial charge is 0.227 e. The molecular weight excluding hydrogens is 474 g/mol. The summed E-state index contributed by atoms with van der Waals surface area (Å²) in [6.07, 6.45) is 3.46. The molecular formula is C32H37N3O3. The van der Waals surface area contributed by atoms with E-state index in [0.29, 0.717) is 42.8 Å². The van der Waals surface area contributed by atoms with Crippen LogP contribution in [0, 0.1) is 5.92 Å². The summed E-state index contributed by atoms with van der Waals surface area (Å²) in [6, 6.07) is 28.0. The van der Waals surface area contributed by atoms with Crippen molar-refractivity contribution in [2.75, 3.05) is 20.2 Å². The average Bonchev–Trinajstić information content (AvgIpc) is 3.70. The van der Waals surface area contributed by atoms with Crippen molar-refractivity contribution in [3.8, 4) is 23.1 Å². The molecule has 1 atom stereocenters. The number of rotatable bonds is 13. The van der Waals surface area contributed by atoms with Gasteiger partial charge in [0.15, 0.2) is 11.5 Å². The molecule has 1 heterocycles. The van der Waals surface area contributed by atoms with Crippen LogP contribution in [-0.4, -0.2) is 46.1 Å². The van der Waals surface area contributed by atoms with E-state index in [1.165, 1.54) is 12.8 Å². The van der Waals surface area contributed by atoms with E-state index < -0.39 is 6.10 Å². The Kier molecular flexibility index (Phi) is 8.41. The first kappa shape index (κ1) is 26.0. The minimum absolute atomic E-state index is 0.455. The van der Waals surface area contributed by atoms with Gasteiger partial charge in [0.1, 0.15) is 0 Å². The highest BCUT2D eigenvalue weighted by Crippen LogP contribution is 2.37. The lowest BCUT2D eigenvalue weighted by molar-refractivity contribution is 0.105. The molecule has 6 nitrogen and oxygen atoms in total. The highest BCUT2D eigenvalue weighted by molar-refractivity contribution is 5.47. The molecule has 5 rings (SSSR count). The van der Waals surface area contributed by atoms with Crippen molar-refractivity contribution in [3.05, 3.63) is 102 Å². The van der Waals surface area contributed by atoms with E-state index in [0.717, 1.165) is 35.5 Å². The van der Waals surface area contributed by atoms with Crippen LogP contribution in [0.5, 0.6) is 17.4 Å². The fourth-order valence-electron chi connectivity index (χ4n) is 4.92. The third kappa shape index (κ3) is 6.44. The van der Waals surface area contributed by atoms with Gasteiger partial charge in [-0.1, -0.05) is 67.6 Å². The lowest BCUT2D eigenvalue weighted by atomic mass is 10.1. The van der Waals surface area contributed by atoms with Crippen LogP contribution >= 0.6 is 0 Å². The van der Waals surface area contributed by atoms with E-state index in [-0.39, 0.29) is 0 Å². The third-order valence-corrected chi connectivity index (χ3v) is 7.01. The molecule has 3 aromatic carbocycles. The number of para-hydroxylation sites is 3. The summed E-state index contributed by atoms with van der Waals surface area (Å²) in [4.78, 5) is 2.38. The number of nitrogens with zero attached hydrogens (tertiary/aromatic N) is 3. The molecule has 1 aromatic heterocycles. The predicted molar refractivity (Wildman–Crippen MR) is 150 cm³/mol. The molecule has 1 N–H and O–H groups in total. The number of benzene rings is 3. The Balaban J connectivity index is 1.48. The summed E-state index contributed by atoms with van der Waals surface area (Å²) in [5, 5.41) is 16.1. The normalized spacial score (nSPS) is 14.0. The average molecular weight is 512 g/mol. The van der Waals surface area contributed by atoms with Gasteiger partial charge in [-0.05, 0) is 61.4 Å². The fraction of sp³-hybridized carbons (Fsp3) is 0.344. The van der Waals surface area contributed by atoms with Crippen LogP contribution in [0.1, 0.15) is 36.6 Å². The minimum atomic E-state index is -0.455. The van der Waals surface area contributed by atoms with Crippen LogP contribution in [0.3, 0.4) is 0 Å². The predicted octanol–water partition coefficient (Wildman–Crippen LogP) is 6.05. The molecule has 1 aliphatic rings. The van der Waals surface area contributed by atoms with Crippen molar-refractivity contribution in [1.29, 1.82) is 0 Å². The summed E-state index contributed by atoms with van der Waals surface area (Å²) in [5.74, 6) is 2.70. The highest BCUT2D eigenvalue weighted by Gasteiger charge is 2.29. The lowest BCUT2D eigenvalue weighted by Crippen LogP contribution is -2.35. The van der Waals surface area contributed by atoms with Crippen LogP contribution in [0.2, 0.25) is 0 Å². The molecule has 4 aromatic rings. The first-order chi connectivity index (χ1) is 18.6. The number of hydrogen-bond acceptors (Lipinski definition) is 5. The van der Waals surface area contributed by atoms with Crippen molar-refractivity contribution >= 4 is 0 Å². The zero-order valence-corrected chi connectivity index (χ0v) is 22.3. The molecule has 0 aliphatic heterocycles. The zero-order chi connectivity index (χ0) is 26.3. The third-order valence-electron chi connectivity index (χ3n) is 7.01. The van der Waals surface area contributed by atoms with Gasteiger partial charge in [0.25, 0.3) is 0 Å². The van der Waals surface area contributed by atoms with Gasteiger partial charge in [-0.2, -0.15) is 5.10 Å². The first-order valence-corrected chi connectivity index (χ1v) is 13.6. The van der Waals surface area contributed by atoms with Gasteiger partial charge < -0.3 is 14.6 Å². The molecule has 6 heteroatoms. The number of methoxy groups -OCH3 is 1. The Hall–Kier alpha value is -3.61. The van der Waals surface area contributed by atoms with E-state index in [9.17, 15) is 5.11 Å². The largest absolute Gasteiger partial charge is 0.493 e. The Morgan fingerprint density at radius 3 is 2.26 bits per heavy atom. The molecule has 1 saturated carbocycles. The molecule has 0 unspecified atom stereocenters. The SMILES string of the molecule is CCc1nn(-c2ccccc2)c(Oc2ccccc2OC)c1CN(CC1CC1)C[C@H](O)Cc1ccccc1. The standard InChI is InChI=1S/C32H37N3O3/c1-3-29-28(23-34(21-25-18-19-25)22-27(36)20-24-12-6-4-7-13-24)32(35(33-29)26-14-8-5-9-15-26)38-31-17-11-10-16-30(31)37-2/h4-17,25,27,36H,3,18-23H2,1-2H3/t27-/m1/s1. The molecule has 0 bridgehead atoms. The molecule has 0 saturated heterocycles. The lowest BCUT2D eigenvalue weighted by Gasteiger charge is -2.26. The van der Waals surface area contributed by atoms with Crippen molar-refractivity contribution in [3.63, 3.8) is 0 Å². The Bertz CT molecular complexity index is 1300. The van der Waals surface area contributed by atoms with Crippen molar-refractivity contribution in [1.82, 2.24) is 14.7 Å². The maximum atomic E-state index is 11.1. The van der Waals surface area contributed by atoms with Crippen LogP contribution < -0.4 is 9.47 Å². The van der Waals surface area contributed by atoms with Crippen LogP contribution in [0.4, 0.5) is 0 Å². The van der Waals surface area contributed by atoms with Gasteiger partial charge in [-0.25, -0.2) is 4.68 Å². The van der Waals surface area contributed by atoms with E-state index in [2.05, 4.69) is 24.0 Å². The first-order valence-electron chi connectivity index (χ1n) is 13.6. The molecule has 1 aliphatic carbocycles. The molecule has 38 heavy (non-hydrogen) atoms. The number of aromatic nitrogens is 2. The fourth-order valence-corrected chi connectivity index (χ4v) is 4.92. The Morgan fingerprint density at radius 2 is 1.61 bits per heavy atom. The molecule has 0 radical (unpaired) electrons. The van der Waals surface area contributed by atoms with Gasteiger partial charge in [0, 0.05) is 19.6 Å². The summed E-state index contributed by atoms with van der Waals surface area (Å²) in [6.45, 7) is 4.34. The number of aliphatic hydroxyl groups is 1. The van der Waals surface area contributed by atoms with Crippen LogP contribution in [-0.2, 0) is 19.4 Å². The maximum Gasteiger partial charge on any atom is 0.227 e. The molecule has 0 amide bonds. The van der Waals surface area contributed by atoms with E-state index in [1.54, 1.807) is 7.11 Å². The van der Waals surface area contributed by atoms with E-state index in [1.807, 2.05) is 77.5 Å². The zero-order valence-electron chi connectivity index (χ0n) is 22.3. The Morgan fingerprint density at radius 1 is 0.947 bits per heavy atom. The second kappa shape index (κ2) is 12.3. The topological polar surface area (TPSA) is 59.8 Å². The number of ether oxygens (including phenoxy) is 2. The monoisotopic (exact) mass is 511 g/mol. The van der Waals surface area contributed by atoms with E-state index >= 15 is 0 Å². The van der Waals surface area contributed by atoms with E-state index in [4.69, 9.17) is 14.6 Å². The highest BCUT2D eigenvalue weighted by atomic mass is 16.5. The van der Waals surface area contributed by atoms with Crippen molar-refractivity contribution in [2.24, 2.45) is 5.92 Å². The molecule has 1 fully saturated rings. The number of aryl methyl sites for hydroxylation is 1. The summed E-state index contributed by atoms with van der Waals surface area (Å²) in [7, 11) is 1.65. The van der Waals surface area contributed by atoms with Gasteiger partial charge >= 0.3 is 0 Å². The van der Waals surface area contributed by atoms with Gasteiger partial charge in [-0.3, -0.25) is 4.90 Å². The molecule has 0 spiro atoms. The number of hydrogen-bond donors (Lipinski definition) is 1. The van der Waals surface area contributed by atoms with Crippen LogP contribution in [0.25, 0.3) is 5.69 Å². The Labute approximate surface area is 225 Å².